The molecule has 1 aromatic carbocycles. The van der Waals surface area contributed by atoms with Crippen LogP contribution in [0.1, 0.15) is 57.1 Å². The van der Waals surface area contributed by atoms with Crippen LogP contribution >= 0.6 is 11.3 Å². The number of nitrogens with zero attached hydrogens (tertiary/aromatic N) is 4. The lowest BCUT2D eigenvalue weighted by Gasteiger charge is -2.16. The topological polar surface area (TPSA) is 137 Å². The summed E-state index contributed by atoms with van der Waals surface area (Å²) in [5.74, 6) is -0.501. The Hall–Kier alpha value is -4.69. The SMILES string of the molecule is Cc1cc(/C=N\NC(=O)[C@H](Cc2cnc[nH]2)NC(=O)OCc2ccccc2)c(C)n1-c1sc2c(c1C#N)CCCC2. The predicted molar refractivity (Wildman–Crippen MR) is 156 cm³/mol. The lowest BCUT2D eigenvalue weighted by atomic mass is 9.96. The monoisotopic (exact) mass is 569 g/mol. The second-order valence-corrected chi connectivity index (χ2v) is 11.0. The number of rotatable bonds is 9. The average molecular weight is 570 g/mol. The van der Waals surface area contributed by atoms with Gasteiger partial charge in [-0.1, -0.05) is 30.3 Å². The van der Waals surface area contributed by atoms with Gasteiger partial charge in [0.1, 0.15) is 23.7 Å². The molecule has 11 heteroatoms. The first kappa shape index (κ1) is 27.9. The summed E-state index contributed by atoms with van der Waals surface area (Å²) in [5, 5.41) is 17.7. The van der Waals surface area contributed by atoms with Crippen LogP contribution in [0.25, 0.3) is 5.00 Å². The number of nitriles is 1. The minimum atomic E-state index is -0.945. The van der Waals surface area contributed by atoms with Gasteiger partial charge in [-0.3, -0.25) is 4.79 Å². The number of carbonyl (C=O) groups excluding carboxylic acids is 2. The van der Waals surface area contributed by atoms with Crippen LogP contribution in [0.3, 0.4) is 0 Å². The molecule has 3 N–H and O–H groups in total. The van der Waals surface area contributed by atoms with Gasteiger partial charge >= 0.3 is 6.09 Å². The molecule has 210 valence electrons. The van der Waals surface area contributed by atoms with E-state index < -0.39 is 18.0 Å². The third-order valence-corrected chi connectivity index (χ3v) is 8.39. The van der Waals surface area contributed by atoms with Gasteiger partial charge in [-0.2, -0.15) is 10.4 Å². The third kappa shape index (κ3) is 6.39. The van der Waals surface area contributed by atoms with E-state index >= 15 is 0 Å². The molecule has 1 atom stereocenters. The molecule has 0 saturated heterocycles. The van der Waals surface area contributed by atoms with Gasteiger partial charge in [0, 0.05) is 40.1 Å². The van der Waals surface area contributed by atoms with Crippen LogP contribution in [-0.2, 0) is 35.4 Å². The molecular weight excluding hydrogens is 538 g/mol. The Morgan fingerprint density at radius 3 is 2.83 bits per heavy atom. The van der Waals surface area contributed by atoms with Crippen molar-refractivity contribution in [1.82, 2.24) is 25.3 Å². The summed E-state index contributed by atoms with van der Waals surface area (Å²) in [4.78, 5) is 33.8. The van der Waals surface area contributed by atoms with Crippen molar-refractivity contribution in [2.45, 2.75) is 58.6 Å². The first-order valence-corrected chi connectivity index (χ1v) is 14.3. The molecule has 3 aromatic heterocycles. The zero-order valence-electron chi connectivity index (χ0n) is 22.9. The normalized spacial score (nSPS) is 13.4. The summed E-state index contributed by atoms with van der Waals surface area (Å²) < 4.78 is 7.40. The van der Waals surface area contributed by atoms with E-state index in [1.807, 2.05) is 50.2 Å². The number of hydrogen-bond donors (Lipinski definition) is 3. The Balaban J connectivity index is 1.28. The van der Waals surface area contributed by atoms with Crippen LogP contribution in [0.4, 0.5) is 4.79 Å². The third-order valence-electron chi connectivity index (χ3n) is 7.12. The van der Waals surface area contributed by atoms with Crippen LogP contribution in [0.5, 0.6) is 0 Å². The number of carbonyl (C=O) groups is 2. The lowest BCUT2D eigenvalue weighted by molar-refractivity contribution is -0.123. The number of aromatic amines is 1. The summed E-state index contributed by atoms with van der Waals surface area (Å²) in [6.07, 6.45) is 8.37. The minimum Gasteiger partial charge on any atom is -0.445 e. The molecular formula is C30H31N7O3S. The van der Waals surface area contributed by atoms with E-state index in [4.69, 9.17) is 4.74 Å². The van der Waals surface area contributed by atoms with Gasteiger partial charge in [0.05, 0.1) is 18.1 Å². The molecule has 0 fully saturated rings. The summed E-state index contributed by atoms with van der Waals surface area (Å²) >= 11 is 1.69. The van der Waals surface area contributed by atoms with Crippen LogP contribution in [-0.4, -0.2) is 38.8 Å². The van der Waals surface area contributed by atoms with E-state index in [0.717, 1.165) is 58.8 Å². The largest absolute Gasteiger partial charge is 0.445 e. The molecule has 41 heavy (non-hydrogen) atoms. The number of ether oxygens (including phenoxy) is 1. The van der Waals surface area contributed by atoms with E-state index in [9.17, 15) is 14.9 Å². The van der Waals surface area contributed by atoms with Crippen molar-refractivity contribution in [3.05, 3.63) is 93.1 Å². The number of hydrogen-bond acceptors (Lipinski definition) is 7. The van der Waals surface area contributed by atoms with Crippen molar-refractivity contribution < 1.29 is 14.3 Å². The number of nitrogens with one attached hydrogen (secondary N) is 3. The fourth-order valence-electron chi connectivity index (χ4n) is 5.03. The van der Waals surface area contributed by atoms with Crippen LogP contribution in [0, 0.1) is 25.2 Å². The Labute approximate surface area is 242 Å². The van der Waals surface area contributed by atoms with Crippen molar-refractivity contribution in [3.8, 4) is 11.1 Å². The number of fused-ring (bicyclic) bond motifs is 1. The van der Waals surface area contributed by atoms with Gasteiger partial charge in [-0.25, -0.2) is 15.2 Å². The van der Waals surface area contributed by atoms with Crippen LogP contribution in [0.15, 0.2) is 54.0 Å². The van der Waals surface area contributed by atoms with Gasteiger partial charge in [0.25, 0.3) is 5.91 Å². The number of H-pyrrole nitrogens is 1. The Bertz CT molecular complexity index is 1600. The molecule has 2 amide bonds. The molecule has 1 aliphatic carbocycles. The molecule has 5 rings (SSSR count). The fraction of sp³-hybridized carbons (Fsp3) is 0.300. The highest BCUT2D eigenvalue weighted by atomic mass is 32.1. The number of aryl methyl sites for hydroxylation is 2. The maximum atomic E-state index is 13.1. The van der Waals surface area contributed by atoms with Crippen molar-refractivity contribution in [2.75, 3.05) is 0 Å². The Kier molecular flexibility index (Phi) is 8.60. The molecule has 0 bridgehead atoms. The number of benzene rings is 1. The standard InChI is InChI=1S/C30H31N7O3S/c1-19-12-22(20(2)37(19)29-25(14-31)24-10-6-7-11-27(24)41-29)15-34-36-28(38)26(13-23-16-32-18-33-23)35-30(39)40-17-21-8-4-3-5-9-21/h3-5,8-9,12,15-16,18,26H,6-7,10-11,13,17H2,1-2H3,(H,32,33)(H,35,39)(H,36,38)/b34-15-/t26-/m0/s1. The summed E-state index contributed by atoms with van der Waals surface area (Å²) in [6.45, 7) is 4.05. The van der Waals surface area contributed by atoms with Crippen LogP contribution < -0.4 is 10.7 Å². The average Bonchev–Trinajstić information content (AvgIpc) is 3.69. The van der Waals surface area contributed by atoms with E-state index in [2.05, 4.69) is 36.4 Å². The van der Waals surface area contributed by atoms with Crippen molar-refractivity contribution in [3.63, 3.8) is 0 Å². The van der Waals surface area contributed by atoms with E-state index in [1.165, 1.54) is 16.8 Å². The van der Waals surface area contributed by atoms with Crippen LogP contribution in [0.2, 0.25) is 0 Å². The number of alkyl carbamates (subject to hydrolysis) is 1. The first-order valence-electron chi connectivity index (χ1n) is 13.5. The highest BCUT2D eigenvalue weighted by molar-refractivity contribution is 7.15. The first-order chi connectivity index (χ1) is 19.9. The number of hydrazone groups is 1. The minimum absolute atomic E-state index is 0.0829. The van der Waals surface area contributed by atoms with Gasteiger partial charge in [0.15, 0.2) is 0 Å². The number of thiophene rings is 1. The fourth-order valence-corrected chi connectivity index (χ4v) is 6.48. The molecule has 4 aromatic rings. The summed E-state index contributed by atoms with van der Waals surface area (Å²) in [7, 11) is 0. The number of amides is 2. The summed E-state index contributed by atoms with van der Waals surface area (Å²) in [5.41, 5.74) is 8.72. The van der Waals surface area contributed by atoms with E-state index in [1.54, 1.807) is 23.7 Å². The molecule has 3 heterocycles. The Morgan fingerprint density at radius 1 is 1.27 bits per heavy atom. The highest BCUT2D eigenvalue weighted by Crippen LogP contribution is 2.38. The summed E-state index contributed by atoms with van der Waals surface area (Å²) in [6, 6.07) is 12.8. The second kappa shape index (κ2) is 12.7. The molecule has 1 aliphatic rings. The number of aromatic nitrogens is 3. The molecule has 0 spiro atoms. The maximum absolute atomic E-state index is 13.1. The van der Waals surface area contributed by atoms with Crippen molar-refractivity contribution in [2.24, 2.45) is 5.10 Å². The number of imidazole rings is 1. The van der Waals surface area contributed by atoms with Gasteiger partial charge in [-0.05, 0) is 56.7 Å². The Morgan fingerprint density at radius 2 is 2.07 bits per heavy atom. The maximum Gasteiger partial charge on any atom is 0.408 e. The lowest BCUT2D eigenvalue weighted by Crippen LogP contribution is -2.47. The zero-order chi connectivity index (χ0) is 28.8. The smallest absolute Gasteiger partial charge is 0.408 e. The quantitative estimate of drug-likeness (QED) is 0.200. The molecule has 0 radical (unpaired) electrons. The van der Waals surface area contributed by atoms with E-state index in [-0.39, 0.29) is 13.0 Å². The molecule has 0 saturated carbocycles. The van der Waals surface area contributed by atoms with Gasteiger partial charge in [0.2, 0.25) is 0 Å². The van der Waals surface area contributed by atoms with Crippen molar-refractivity contribution in [1.29, 1.82) is 5.26 Å². The molecule has 0 aliphatic heterocycles. The van der Waals surface area contributed by atoms with E-state index in [0.29, 0.717) is 5.69 Å². The second-order valence-electron chi connectivity index (χ2n) is 9.94. The molecule has 10 nitrogen and oxygen atoms in total. The zero-order valence-corrected chi connectivity index (χ0v) is 23.8. The predicted octanol–water partition coefficient (Wildman–Crippen LogP) is 4.62. The van der Waals surface area contributed by atoms with Gasteiger partial charge in [-0.15, -0.1) is 11.3 Å². The van der Waals surface area contributed by atoms with Crippen molar-refractivity contribution >= 4 is 29.6 Å². The molecule has 0 unspecified atom stereocenters. The van der Waals surface area contributed by atoms with Gasteiger partial charge < -0.3 is 19.6 Å². The highest BCUT2D eigenvalue weighted by Gasteiger charge is 2.25.